The van der Waals surface area contributed by atoms with E-state index in [0.717, 1.165) is 32.8 Å². The highest BCUT2D eigenvalue weighted by Gasteiger charge is 2.32. The predicted molar refractivity (Wildman–Crippen MR) is 90.1 cm³/mol. The molecule has 8 heteroatoms. The Morgan fingerprint density at radius 2 is 2.14 bits per heavy atom. The average molecular weight is 378 g/mol. The zero-order valence-corrected chi connectivity index (χ0v) is 13.5. The second kappa shape index (κ2) is 5.94. The van der Waals surface area contributed by atoms with Gasteiger partial charge in [-0.1, -0.05) is 22.0 Å². The van der Waals surface area contributed by atoms with Gasteiger partial charge in [0.25, 0.3) is 0 Å². The number of aromatic nitrogens is 2. The van der Waals surface area contributed by atoms with Crippen LogP contribution >= 0.6 is 28.3 Å². The van der Waals surface area contributed by atoms with Crippen LogP contribution in [0.3, 0.4) is 0 Å². The van der Waals surface area contributed by atoms with Gasteiger partial charge in [0.1, 0.15) is 23.8 Å². The first-order chi connectivity index (χ1) is 10.3. The molecule has 1 aromatic heterocycles. The Balaban J connectivity index is 0.00000144. The maximum Gasteiger partial charge on any atom is 0.121 e. The van der Waals surface area contributed by atoms with Crippen molar-refractivity contribution in [3.63, 3.8) is 0 Å². The minimum atomic E-state index is -0.188. The third kappa shape index (κ3) is 2.53. The molecule has 0 spiro atoms. The lowest BCUT2D eigenvalue weighted by atomic mass is 9.94. The summed E-state index contributed by atoms with van der Waals surface area (Å²) in [6.45, 7) is 0. The first-order valence-electron chi connectivity index (χ1n) is 6.34. The van der Waals surface area contributed by atoms with Crippen LogP contribution in [0.4, 0.5) is 5.69 Å². The minimum Gasteiger partial charge on any atom is -0.371 e. The number of anilines is 1. The Morgan fingerprint density at radius 1 is 1.23 bits per heavy atom. The molecule has 1 aliphatic carbocycles. The van der Waals surface area contributed by atoms with E-state index in [2.05, 4.69) is 46.7 Å². The highest BCUT2D eigenvalue weighted by molar-refractivity contribution is 9.10. The molecule has 6 nitrogen and oxygen atoms in total. The van der Waals surface area contributed by atoms with Crippen molar-refractivity contribution in [3.8, 4) is 0 Å². The molecule has 0 amide bonds. The summed E-state index contributed by atoms with van der Waals surface area (Å²) in [6.07, 6.45) is 5.22. The van der Waals surface area contributed by atoms with E-state index in [1.165, 1.54) is 6.33 Å². The van der Waals surface area contributed by atoms with E-state index in [1.54, 1.807) is 6.20 Å². The molecular formula is C14H10BrClN6. The molecule has 1 aliphatic heterocycles. The fourth-order valence-corrected chi connectivity index (χ4v) is 2.79. The van der Waals surface area contributed by atoms with Crippen LogP contribution in [-0.4, -0.2) is 15.7 Å². The summed E-state index contributed by atoms with van der Waals surface area (Å²) in [4.78, 5) is 8.45. The van der Waals surface area contributed by atoms with Crippen molar-refractivity contribution < 1.29 is 0 Å². The van der Waals surface area contributed by atoms with Crippen LogP contribution in [0.1, 0.15) is 17.3 Å². The zero-order valence-electron chi connectivity index (χ0n) is 11.1. The molecule has 1 N–H and O–H groups in total. The Kier molecular flexibility index (Phi) is 4.00. The third-order valence-corrected chi connectivity index (χ3v) is 3.81. The molecule has 1 atom stereocenters. The van der Waals surface area contributed by atoms with Gasteiger partial charge in [0.15, 0.2) is 0 Å². The zero-order chi connectivity index (χ0) is 14.2. The van der Waals surface area contributed by atoms with Crippen LogP contribution in [0.5, 0.6) is 0 Å². The van der Waals surface area contributed by atoms with Crippen molar-refractivity contribution in [3.05, 3.63) is 58.2 Å². The molecule has 2 heterocycles. The quantitative estimate of drug-likeness (QED) is 0.860. The summed E-state index contributed by atoms with van der Waals surface area (Å²) in [6, 6.07) is 7.76. The maximum absolute atomic E-state index is 4.39. The van der Waals surface area contributed by atoms with Crippen molar-refractivity contribution in [1.82, 2.24) is 9.97 Å². The largest absolute Gasteiger partial charge is 0.371 e. The molecule has 110 valence electrons. The normalized spacial score (nSPS) is 17.8. The Labute approximate surface area is 141 Å². The molecule has 0 saturated heterocycles. The van der Waals surface area contributed by atoms with Crippen molar-refractivity contribution >= 4 is 45.8 Å². The van der Waals surface area contributed by atoms with Gasteiger partial charge in [0, 0.05) is 21.9 Å². The van der Waals surface area contributed by atoms with Crippen LogP contribution in [0.15, 0.2) is 62.4 Å². The fourth-order valence-electron chi connectivity index (χ4n) is 2.39. The van der Waals surface area contributed by atoms with E-state index in [4.69, 9.17) is 0 Å². The van der Waals surface area contributed by atoms with Gasteiger partial charge in [0.2, 0.25) is 0 Å². The lowest BCUT2D eigenvalue weighted by molar-refractivity contribution is 0.925. The third-order valence-electron chi connectivity index (χ3n) is 3.31. The number of nitrogens with zero attached hydrogens (tertiary/aromatic N) is 5. The summed E-state index contributed by atoms with van der Waals surface area (Å²) >= 11 is 3.47. The summed E-state index contributed by atoms with van der Waals surface area (Å²) in [5, 5.41) is 15.4. The van der Waals surface area contributed by atoms with Crippen LogP contribution in [0.2, 0.25) is 0 Å². The van der Waals surface area contributed by atoms with E-state index in [9.17, 15) is 0 Å². The van der Waals surface area contributed by atoms with Gasteiger partial charge in [-0.2, -0.15) is 0 Å². The smallest absolute Gasteiger partial charge is 0.121 e. The molecule has 0 saturated carbocycles. The van der Waals surface area contributed by atoms with E-state index < -0.39 is 0 Å². The molecule has 2 aromatic rings. The van der Waals surface area contributed by atoms with Crippen LogP contribution < -0.4 is 5.32 Å². The number of halogens is 2. The SMILES string of the molecule is Brc1cccc(NC2C3=NN=NC3=Cc3cncnc32)c1.Cl. The lowest BCUT2D eigenvalue weighted by Crippen LogP contribution is -2.26. The van der Waals surface area contributed by atoms with Gasteiger partial charge in [-0.3, -0.25) is 0 Å². The lowest BCUT2D eigenvalue weighted by Gasteiger charge is -2.23. The van der Waals surface area contributed by atoms with Gasteiger partial charge < -0.3 is 5.32 Å². The molecule has 1 aromatic carbocycles. The maximum atomic E-state index is 4.39. The summed E-state index contributed by atoms with van der Waals surface area (Å²) in [7, 11) is 0. The molecule has 4 rings (SSSR count). The van der Waals surface area contributed by atoms with E-state index in [-0.39, 0.29) is 18.4 Å². The van der Waals surface area contributed by atoms with Gasteiger partial charge in [0.05, 0.1) is 5.69 Å². The van der Waals surface area contributed by atoms with E-state index in [1.807, 2.05) is 30.3 Å². The molecule has 2 aliphatic rings. The Morgan fingerprint density at radius 3 is 3.00 bits per heavy atom. The van der Waals surface area contributed by atoms with Gasteiger partial charge in [-0.05, 0) is 29.5 Å². The number of rotatable bonds is 2. The number of hydrogen-bond donors (Lipinski definition) is 1. The second-order valence-electron chi connectivity index (χ2n) is 4.66. The monoisotopic (exact) mass is 376 g/mol. The van der Waals surface area contributed by atoms with Crippen LogP contribution in [-0.2, 0) is 0 Å². The van der Waals surface area contributed by atoms with Crippen molar-refractivity contribution in [2.45, 2.75) is 6.04 Å². The first-order valence-corrected chi connectivity index (χ1v) is 7.13. The second-order valence-corrected chi connectivity index (χ2v) is 5.57. The Bertz CT molecular complexity index is 816. The number of hydrogen-bond acceptors (Lipinski definition) is 6. The summed E-state index contributed by atoms with van der Waals surface area (Å²) in [5.41, 5.74) is 4.31. The molecule has 22 heavy (non-hydrogen) atoms. The molecule has 0 fully saturated rings. The first kappa shape index (κ1) is 14.8. The topological polar surface area (TPSA) is 74.9 Å². The van der Waals surface area contributed by atoms with Crippen LogP contribution in [0.25, 0.3) is 6.08 Å². The summed E-state index contributed by atoms with van der Waals surface area (Å²) in [5.74, 6) is 0. The van der Waals surface area contributed by atoms with E-state index in [0.29, 0.717) is 0 Å². The highest BCUT2D eigenvalue weighted by atomic mass is 79.9. The summed E-state index contributed by atoms with van der Waals surface area (Å²) < 4.78 is 1.00. The predicted octanol–water partition coefficient (Wildman–Crippen LogP) is 3.99. The molecule has 1 unspecified atom stereocenters. The molecular weight excluding hydrogens is 368 g/mol. The average Bonchev–Trinajstić information content (AvgIpc) is 2.95. The number of benzene rings is 1. The van der Waals surface area contributed by atoms with Gasteiger partial charge >= 0.3 is 0 Å². The van der Waals surface area contributed by atoms with Gasteiger partial charge in [-0.15, -0.1) is 22.6 Å². The van der Waals surface area contributed by atoms with Crippen molar-refractivity contribution in [2.75, 3.05) is 5.32 Å². The fraction of sp³-hybridized carbons (Fsp3) is 0.0714. The Hall–Kier alpha value is -2.12. The molecule has 0 radical (unpaired) electrons. The number of nitrogens with one attached hydrogen (secondary N) is 1. The van der Waals surface area contributed by atoms with Crippen molar-refractivity contribution in [1.29, 1.82) is 0 Å². The molecule has 0 bridgehead atoms. The van der Waals surface area contributed by atoms with Crippen LogP contribution in [0, 0.1) is 0 Å². The highest BCUT2D eigenvalue weighted by Crippen LogP contribution is 2.34. The minimum absolute atomic E-state index is 0. The number of fused-ring (bicyclic) bond motifs is 2. The standard InChI is InChI=1S/C14H9BrN6.ClH/c15-9-2-1-3-10(5-9)18-14-12-8(6-16-7-17-12)4-11-13(14)20-21-19-11;/h1-7,14,18H;1H. The van der Waals surface area contributed by atoms with E-state index >= 15 is 0 Å². The van der Waals surface area contributed by atoms with Gasteiger partial charge in [-0.25, -0.2) is 9.97 Å². The van der Waals surface area contributed by atoms with Crippen molar-refractivity contribution in [2.24, 2.45) is 15.4 Å².